The molecule has 2 aliphatic heterocycles. The molecule has 1 aromatic heterocycles. The van der Waals surface area contributed by atoms with Crippen LogP contribution in [0.4, 0.5) is 0 Å². The molecule has 2 aromatic carbocycles. The van der Waals surface area contributed by atoms with Crippen molar-refractivity contribution in [1.82, 2.24) is 9.88 Å². The van der Waals surface area contributed by atoms with E-state index in [1.165, 1.54) is 22.3 Å². The summed E-state index contributed by atoms with van der Waals surface area (Å²) in [6.45, 7) is 4.09. The first-order chi connectivity index (χ1) is 12.8. The molecular weight excluding hydrogens is 320 g/mol. The molecule has 2 aliphatic rings. The highest BCUT2D eigenvalue weighted by molar-refractivity contribution is 5.62. The van der Waals surface area contributed by atoms with Crippen LogP contribution in [0, 0.1) is 5.41 Å². The van der Waals surface area contributed by atoms with Crippen LogP contribution in [0.3, 0.4) is 0 Å². The van der Waals surface area contributed by atoms with Gasteiger partial charge in [0.1, 0.15) is 5.75 Å². The van der Waals surface area contributed by atoms with E-state index in [-0.39, 0.29) is 0 Å². The van der Waals surface area contributed by atoms with Gasteiger partial charge in [0.2, 0.25) is 0 Å². The second-order valence-electron chi connectivity index (χ2n) is 7.66. The largest absolute Gasteiger partial charge is 0.493 e. The summed E-state index contributed by atoms with van der Waals surface area (Å²) in [6, 6.07) is 21.4. The Bertz CT molecular complexity index is 899. The lowest BCUT2D eigenvalue weighted by Gasteiger charge is -2.52. The van der Waals surface area contributed by atoms with E-state index in [0.717, 1.165) is 38.4 Å². The number of hydrogen-bond donors (Lipinski definition) is 0. The molecule has 0 N–H and O–H groups in total. The van der Waals surface area contributed by atoms with Crippen LogP contribution in [-0.4, -0.2) is 29.6 Å². The Morgan fingerprint density at radius 2 is 1.77 bits per heavy atom. The smallest absolute Gasteiger partial charge is 0.122 e. The summed E-state index contributed by atoms with van der Waals surface area (Å²) in [6.07, 6.45) is 4.86. The van der Waals surface area contributed by atoms with Crippen molar-refractivity contribution in [3.05, 3.63) is 84.2 Å². The van der Waals surface area contributed by atoms with E-state index in [2.05, 4.69) is 64.5 Å². The Balaban J connectivity index is 1.22. The van der Waals surface area contributed by atoms with Crippen LogP contribution >= 0.6 is 0 Å². The van der Waals surface area contributed by atoms with Gasteiger partial charge in [-0.15, -0.1) is 0 Å². The molecule has 5 rings (SSSR count). The molecule has 1 spiro atoms. The van der Waals surface area contributed by atoms with Crippen LogP contribution in [0.1, 0.15) is 11.1 Å². The summed E-state index contributed by atoms with van der Waals surface area (Å²) in [5.41, 5.74) is 5.42. The van der Waals surface area contributed by atoms with Gasteiger partial charge in [0, 0.05) is 37.4 Å². The predicted molar refractivity (Wildman–Crippen MR) is 103 cm³/mol. The Morgan fingerprint density at radius 3 is 2.58 bits per heavy atom. The van der Waals surface area contributed by atoms with Crippen molar-refractivity contribution >= 4 is 0 Å². The van der Waals surface area contributed by atoms with Crippen LogP contribution < -0.4 is 4.74 Å². The molecule has 3 heterocycles. The lowest BCUT2D eigenvalue weighted by Crippen LogP contribution is -2.60. The number of pyridine rings is 1. The summed E-state index contributed by atoms with van der Waals surface area (Å²) >= 11 is 0. The van der Waals surface area contributed by atoms with Gasteiger partial charge in [0.25, 0.3) is 0 Å². The van der Waals surface area contributed by atoms with Gasteiger partial charge >= 0.3 is 0 Å². The molecule has 0 unspecified atom stereocenters. The number of benzene rings is 2. The van der Waals surface area contributed by atoms with Gasteiger partial charge in [0.15, 0.2) is 0 Å². The van der Waals surface area contributed by atoms with Crippen molar-refractivity contribution in [1.29, 1.82) is 0 Å². The van der Waals surface area contributed by atoms with Crippen molar-refractivity contribution in [3.63, 3.8) is 0 Å². The van der Waals surface area contributed by atoms with Crippen LogP contribution in [0.5, 0.6) is 5.75 Å². The average Bonchev–Trinajstić information content (AvgIpc) is 2.68. The zero-order valence-electron chi connectivity index (χ0n) is 14.8. The van der Waals surface area contributed by atoms with Gasteiger partial charge in [-0.2, -0.15) is 0 Å². The molecule has 3 heteroatoms. The van der Waals surface area contributed by atoms with Crippen LogP contribution in [-0.2, 0) is 13.0 Å². The minimum atomic E-state index is 0.310. The highest BCUT2D eigenvalue weighted by Gasteiger charge is 2.45. The van der Waals surface area contributed by atoms with Crippen molar-refractivity contribution in [2.75, 3.05) is 19.7 Å². The topological polar surface area (TPSA) is 25.4 Å². The van der Waals surface area contributed by atoms with E-state index < -0.39 is 0 Å². The first kappa shape index (κ1) is 15.6. The average molecular weight is 342 g/mol. The molecule has 130 valence electrons. The van der Waals surface area contributed by atoms with Crippen molar-refractivity contribution in [2.24, 2.45) is 5.41 Å². The van der Waals surface area contributed by atoms with Gasteiger partial charge in [-0.3, -0.25) is 9.88 Å². The van der Waals surface area contributed by atoms with Crippen molar-refractivity contribution < 1.29 is 4.74 Å². The van der Waals surface area contributed by atoms with E-state index in [1.54, 1.807) is 0 Å². The number of hydrogen-bond acceptors (Lipinski definition) is 3. The third-order valence-corrected chi connectivity index (χ3v) is 5.54. The molecule has 3 nitrogen and oxygen atoms in total. The molecule has 0 radical (unpaired) electrons. The fourth-order valence-corrected chi connectivity index (χ4v) is 4.29. The normalized spacial score (nSPS) is 18.0. The summed E-state index contributed by atoms with van der Waals surface area (Å²) in [7, 11) is 0. The number of fused-ring (bicyclic) bond motifs is 1. The molecule has 0 amide bonds. The number of likely N-dealkylation sites (tertiary alicyclic amines) is 1. The highest BCUT2D eigenvalue weighted by Crippen LogP contribution is 2.41. The monoisotopic (exact) mass is 342 g/mol. The van der Waals surface area contributed by atoms with E-state index >= 15 is 0 Å². The quantitative estimate of drug-likeness (QED) is 0.714. The number of aromatic nitrogens is 1. The van der Waals surface area contributed by atoms with Gasteiger partial charge < -0.3 is 4.74 Å². The number of nitrogens with zero attached hydrogens (tertiary/aromatic N) is 2. The van der Waals surface area contributed by atoms with Gasteiger partial charge in [0.05, 0.1) is 6.61 Å². The number of rotatable bonds is 3. The molecule has 0 aliphatic carbocycles. The summed E-state index contributed by atoms with van der Waals surface area (Å²) in [5.74, 6) is 1.07. The Morgan fingerprint density at radius 1 is 0.923 bits per heavy atom. The van der Waals surface area contributed by atoms with E-state index in [9.17, 15) is 0 Å². The van der Waals surface area contributed by atoms with Crippen molar-refractivity contribution in [3.8, 4) is 16.9 Å². The molecule has 1 fully saturated rings. The SMILES string of the molecule is c1cncc(-c2ccc(CN3CC4(COc5ccccc5C4)C3)cc2)c1. The maximum Gasteiger partial charge on any atom is 0.122 e. The molecular formula is C23H22N2O. The fraction of sp³-hybridized carbons (Fsp3) is 0.261. The number of para-hydroxylation sites is 1. The fourth-order valence-electron chi connectivity index (χ4n) is 4.29. The third kappa shape index (κ3) is 2.89. The Hall–Kier alpha value is -2.65. The van der Waals surface area contributed by atoms with Crippen LogP contribution in [0.15, 0.2) is 73.1 Å². The first-order valence-corrected chi connectivity index (χ1v) is 9.22. The maximum absolute atomic E-state index is 6.01. The number of ether oxygens (including phenoxy) is 1. The standard InChI is InChI=1S/C23H22N2O/c1-2-6-22-20(4-1)12-23(17-26-22)15-25(16-23)14-18-7-9-19(10-8-18)21-5-3-11-24-13-21/h1-11,13H,12,14-17H2. The molecule has 0 atom stereocenters. The second-order valence-corrected chi connectivity index (χ2v) is 7.66. The van der Waals surface area contributed by atoms with Gasteiger partial charge in [-0.1, -0.05) is 48.5 Å². The highest BCUT2D eigenvalue weighted by atomic mass is 16.5. The summed E-state index contributed by atoms with van der Waals surface area (Å²) in [4.78, 5) is 6.72. The van der Waals surface area contributed by atoms with Gasteiger partial charge in [-0.25, -0.2) is 0 Å². The van der Waals surface area contributed by atoms with Crippen LogP contribution in [0.2, 0.25) is 0 Å². The van der Waals surface area contributed by atoms with Gasteiger partial charge in [-0.05, 0) is 40.8 Å². The molecule has 0 bridgehead atoms. The second kappa shape index (κ2) is 6.26. The lowest BCUT2D eigenvalue weighted by molar-refractivity contribution is -0.0478. The van der Waals surface area contributed by atoms with Crippen LogP contribution in [0.25, 0.3) is 11.1 Å². The minimum absolute atomic E-state index is 0.310. The zero-order chi connectivity index (χ0) is 17.4. The molecule has 1 saturated heterocycles. The minimum Gasteiger partial charge on any atom is -0.493 e. The lowest BCUT2D eigenvalue weighted by atomic mass is 9.74. The third-order valence-electron chi connectivity index (χ3n) is 5.54. The first-order valence-electron chi connectivity index (χ1n) is 9.22. The summed E-state index contributed by atoms with van der Waals surface area (Å²) < 4.78 is 6.01. The van der Waals surface area contributed by atoms with Crippen molar-refractivity contribution in [2.45, 2.75) is 13.0 Å². The molecule has 3 aromatic rings. The van der Waals surface area contributed by atoms with E-state index in [1.807, 2.05) is 18.5 Å². The predicted octanol–water partition coefficient (Wildman–Crippen LogP) is 4.19. The van der Waals surface area contributed by atoms with E-state index in [0.29, 0.717) is 5.41 Å². The zero-order valence-corrected chi connectivity index (χ0v) is 14.8. The Kier molecular flexibility index (Phi) is 3.75. The summed E-state index contributed by atoms with van der Waals surface area (Å²) in [5, 5.41) is 0. The molecule has 26 heavy (non-hydrogen) atoms. The maximum atomic E-state index is 6.01. The Labute approximate surface area is 154 Å². The molecule has 0 saturated carbocycles. The van der Waals surface area contributed by atoms with E-state index in [4.69, 9.17) is 4.74 Å².